The summed E-state index contributed by atoms with van der Waals surface area (Å²) < 4.78 is -1.18. The lowest BCUT2D eigenvalue weighted by atomic mass is 9.72. The van der Waals surface area contributed by atoms with Gasteiger partial charge in [0.25, 0.3) is 0 Å². The summed E-state index contributed by atoms with van der Waals surface area (Å²) in [6.07, 6.45) is 0. The molecule has 0 aliphatic heterocycles. The standard InChI is InChI=1S/C7H6BCl3.2H2O/c9-7(10,11)8-6-4-2-1-3-5-6;;/h1-5,8H;2*1H2. The molecule has 0 amide bonds. The van der Waals surface area contributed by atoms with E-state index in [9.17, 15) is 0 Å². The van der Waals surface area contributed by atoms with Crippen LogP contribution in [-0.2, 0) is 0 Å². The van der Waals surface area contributed by atoms with Crippen molar-refractivity contribution < 1.29 is 11.0 Å². The smallest absolute Gasteiger partial charge is 0.221 e. The summed E-state index contributed by atoms with van der Waals surface area (Å²) in [7, 11) is 0.457. The first-order chi connectivity index (χ1) is 5.08. The van der Waals surface area contributed by atoms with Crippen LogP contribution in [0.5, 0.6) is 0 Å². The molecule has 2 nitrogen and oxygen atoms in total. The summed E-state index contributed by atoms with van der Waals surface area (Å²) in [5, 5.41) is 0. The highest BCUT2D eigenvalue weighted by Gasteiger charge is 2.21. The number of hydrogen-bond acceptors (Lipinski definition) is 0. The maximum Gasteiger partial charge on any atom is 0.221 e. The van der Waals surface area contributed by atoms with Crippen molar-refractivity contribution in [1.82, 2.24) is 0 Å². The molecule has 6 heteroatoms. The quantitative estimate of drug-likeness (QED) is 0.507. The molecule has 4 N–H and O–H groups in total. The highest BCUT2D eigenvalue weighted by molar-refractivity contribution is 6.91. The zero-order valence-electron chi connectivity index (χ0n) is 6.73. The molecule has 0 bridgehead atoms. The maximum absolute atomic E-state index is 5.60. The molecule has 0 atom stereocenters. The monoisotopic (exact) mass is 242 g/mol. The zero-order chi connectivity index (χ0) is 8.32. The summed E-state index contributed by atoms with van der Waals surface area (Å²) in [6.45, 7) is 0. The normalized spacial score (nSPS) is 9.46. The van der Waals surface area contributed by atoms with Crippen LogP contribution in [0.2, 0.25) is 0 Å². The van der Waals surface area contributed by atoms with Gasteiger partial charge in [-0.25, -0.2) is 0 Å². The molecule has 0 radical (unpaired) electrons. The molecule has 13 heavy (non-hydrogen) atoms. The van der Waals surface area contributed by atoms with Gasteiger partial charge in [0, 0.05) is 0 Å². The Kier molecular flexibility index (Phi) is 7.79. The molecule has 1 aromatic rings. The van der Waals surface area contributed by atoms with Crippen LogP contribution in [0.3, 0.4) is 0 Å². The molecule has 0 saturated carbocycles. The predicted molar refractivity (Wildman–Crippen MR) is 60.7 cm³/mol. The first-order valence-corrected chi connectivity index (χ1v) is 4.32. The lowest BCUT2D eigenvalue weighted by molar-refractivity contribution is 0.823. The Morgan fingerprint density at radius 2 is 1.38 bits per heavy atom. The minimum Gasteiger partial charge on any atom is -0.412 e. The van der Waals surface area contributed by atoms with Crippen molar-refractivity contribution in [3.8, 4) is 0 Å². The molecule has 74 valence electrons. The fraction of sp³-hybridized carbons (Fsp3) is 0.143. The third-order valence-electron chi connectivity index (χ3n) is 1.25. The largest absolute Gasteiger partial charge is 0.412 e. The Morgan fingerprint density at radius 1 is 0.923 bits per heavy atom. The second-order valence-electron chi connectivity index (χ2n) is 2.28. The van der Waals surface area contributed by atoms with Crippen molar-refractivity contribution in [3.05, 3.63) is 30.3 Å². The molecule has 0 aliphatic rings. The van der Waals surface area contributed by atoms with Crippen molar-refractivity contribution in [1.29, 1.82) is 0 Å². The van der Waals surface area contributed by atoms with Crippen LogP contribution in [0.1, 0.15) is 0 Å². The fourth-order valence-corrected chi connectivity index (χ4v) is 1.29. The number of benzene rings is 1. The van der Waals surface area contributed by atoms with Crippen molar-refractivity contribution in [2.45, 2.75) is 3.69 Å². The first-order valence-electron chi connectivity index (χ1n) is 3.18. The van der Waals surface area contributed by atoms with Gasteiger partial charge in [0.05, 0.1) is 0 Å². The van der Waals surface area contributed by atoms with Crippen LogP contribution >= 0.6 is 34.8 Å². The first kappa shape index (κ1) is 15.5. The Morgan fingerprint density at radius 3 is 1.77 bits per heavy atom. The molecule has 1 aromatic carbocycles. The van der Waals surface area contributed by atoms with Gasteiger partial charge >= 0.3 is 0 Å². The lowest BCUT2D eigenvalue weighted by Gasteiger charge is -2.07. The van der Waals surface area contributed by atoms with E-state index in [2.05, 4.69) is 0 Å². The Bertz CT molecular complexity index is 225. The number of hydrogen-bond donors (Lipinski definition) is 0. The Labute approximate surface area is 92.7 Å². The lowest BCUT2D eigenvalue weighted by Crippen LogP contribution is -2.26. The molecular formula is C7H10BCl3O2. The summed E-state index contributed by atoms with van der Waals surface area (Å²) in [5.74, 6) is 0. The highest BCUT2D eigenvalue weighted by atomic mass is 35.6. The van der Waals surface area contributed by atoms with E-state index in [0.29, 0.717) is 7.28 Å². The number of rotatable bonds is 1. The van der Waals surface area contributed by atoms with Gasteiger partial charge in [-0.15, -0.1) is 0 Å². The van der Waals surface area contributed by atoms with Crippen molar-refractivity contribution >= 4 is 47.5 Å². The minimum atomic E-state index is -1.18. The van der Waals surface area contributed by atoms with Crippen LogP contribution in [0.15, 0.2) is 30.3 Å². The molecule has 0 saturated heterocycles. The SMILES string of the molecule is ClC(Cl)(Cl)Bc1ccccc1.O.O. The molecule has 0 unspecified atom stereocenters. The van der Waals surface area contributed by atoms with Crippen molar-refractivity contribution in [2.75, 3.05) is 0 Å². The fourth-order valence-electron chi connectivity index (χ4n) is 0.827. The molecule has 0 heterocycles. The number of alkyl halides is 3. The van der Waals surface area contributed by atoms with Crippen LogP contribution in [-0.4, -0.2) is 21.9 Å². The molecule has 0 fully saturated rings. The molecule has 1 rings (SSSR count). The number of halogens is 3. The van der Waals surface area contributed by atoms with E-state index in [1.165, 1.54) is 0 Å². The van der Waals surface area contributed by atoms with Crippen LogP contribution in [0, 0.1) is 0 Å². The van der Waals surface area contributed by atoms with Crippen LogP contribution in [0.25, 0.3) is 0 Å². The van der Waals surface area contributed by atoms with Crippen molar-refractivity contribution in [2.24, 2.45) is 0 Å². The second kappa shape index (κ2) is 6.52. The summed E-state index contributed by atoms with van der Waals surface area (Å²) in [5.41, 5.74) is 1.03. The third kappa shape index (κ3) is 7.17. The molecule has 0 aromatic heterocycles. The Balaban J connectivity index is 0. The molecule has 0 aliphatic carbocycles. The minimum absolute atomic E-state index is 0. The van der Waals surface area contributed by atoms with Gasteiger partial charge in [-0.1, -0.05) is 70.6 Å². The van der Waals surface area contributed by atoms with Gasteiger partial charge < -0.3 is 11.0 Å². The average molecular weight is 243 g/mol. The van der Waals surface area contributed by atoms with Gasteiger partial charge in [0.1, 0.15) is 0 Å². The molecular weight excluding hydrogens is 233 g/mol. The van der Waals surface area contributed by atoms with E-state index in [4.69, 9.17) is 34.8 Å². The van der Waals surface area contributed by atoms with Gasteiger partial charge in [0.2, 0.25) is 7.28 Å². The average Bonchev–Trinajstić information content (AvgIpc) is 1.85. The van der Waals surface area contributed by atoms with E-state index in [0.717, 1.165) is 5.46 Å². The van der Waals surface area contributed by atoms with Crippen molar-refractivity contribution in [3.63, 3.8) is 0 Å². The van der Waals surface area contributed by atoms with Crippen LogP contribution in [0.4, 0.5) is 0 Å². The van der Waals surface area contributed by atoms with E-state index in [-0.39, 0.29) is 11.0 Å². The summed E-state index contributed by atoms with van der Waals surface area (Å²) in [6, 6.07) is 9.64. The van der Waals surface area contributed by atoms with E-state index in [1.54, 1.807) is 0 Å². The van der Waals surface area contributed by atoms with Crippen LogP contribution < -0.4 is 5.46 Å². The van der Waals surface area contributed by atoms with E-state index >= 15 is 0 Å². The second-order valence-corrected chi connectivity index (χ2v) is 4.79. The highest BCUT2D eigenvalue weighted by Crippen LogP contribution is 2.23. The topological polar surface area (TPSA) is 63.0 Å². The Hall–Kier alpha value is 0.0749. The maximum atomic E-state index is 5.60. The summed E-state index contributed by atoms with van der Waals surface area (Å²) in [4.78, 5) is 0. The van der Waals surface area contributed by atoms with Gasteiger partial charge in [-0.05, 0) is 0 Å². The third-order valence-corrected chi connectivity index (χ3v) is 1.65. The predicted octanol–water partition coefficient (Wildman–Crippen LogP) is 0.427. The van der Waals surface area contributed by atoms with Gasteiger partial charge in [0.15, 0.2) is 3.69 Å². The zero-order valence-corrected chi connectivity index (χ0v) is 9.00. The van der Waals surface area contributed by atoms with E-state index in [1.807, 2.05) is 30.3 Å². The molecule has 0 spiro atoms. The van der Waals surface area contributed by atoms with Gasteiger partial charge in [-0.2, -0.15) is 0 Å². The van der Waals surface area contributed by atoms with E-state index < -0.39 is 3.69 Å². The summed E-state index contributed by atoms with van der Waals surface area (Å²) >= 11 is 16.8. The van der Waals surface area contributed by atoms with Gasteiger partial charge in [-0.3, -0.25) is 0 Å².